The SMILES string of the molecule is CCC(O)CN1CCN(CCOC(C)C)CC1. The van der Waals surface area contributed by atoms with Crippen LogP contribution in [0.25, 0.3) is 0 Å². The zero-order valence-corrected chi connectivity index (χ0v) is 11.6. The predicted molar refractivity (Wildman–Crippen MR) is 70.3 cm³/mol. The minimum atomic E-state index is -0.161. The normalized spacial score (nSPS) is 21.0. The number of aliphatic hydroxyl groups is 1. The fraction of sp³-hybridized carbons (Fsp3) is 1.00. The van der Waals surface area contributed by atoms with Gasteiger partial charge in [0, 0.05) is 39.3 Å². The van der Waals surface area contributed by atoms with Crippen LogP contribution in [0, 0.1) is 0 Å². The van der Waals surface area contributed by atoms with Crippen LogP contribution in [-0.2, 0) is 4.74 Å². The van der Waals surface area contributed by atoms with Crippen molar-refractivity contribution in [1.82, 2.24) is 9.80 Å². The Bertz CT molecular complexity index is 192. The standard InChI is InChI=1S/C13H28N2O2/c1-4-13(16)11-15-7-5-14(6-8-15)9-10-17-12(2)3/h12-13,16H,4-11H2,1-3H3. The summed E-state index contributed by atoms with van der Waals surface area (Å²) in [6.45, 7) is 13.2. The molecule has 0 radical (unpaired) electrons. The Morgan fingerprint density at radius 3 is 2.24 bits per heavy atom. The number of hydrogen-bond acceptors (Lipinski definition) is 4. The van der Waals surface area contributed by atoms with Crippen LogP contribution in [0.4, 0.5) is 0 Å². The van der Waals surface area contributed by atoms with Gasteiger partial charge < -0.3 is 9.84 Å². The van der Waals surface area contributed by atoms with Crippen LogP contribution in [0.15, 0.2) is 0 Å². The molecule has 0 amide bonds. The molecule has 0 aromatic carbocycles. The first kappa shape index (κ1) is 14.9. The fourth-order valence-electron chi connectivity index (χ4n) is 2.04. The lowest BCUT2D eigenvalue weighted by molar-refractivity contribution is 0.0345. The molecule has 1 atom stereocenters. The molecule has 1 N–H and O–H groups in total. The second-order valence-electron chi connectivity index (χ2n) is 5.12. The number of aliphatic hydroxyl groups excluding tert-OH is 1. The maximum atomic E-state index is 9.60. The predicted octanol–water partition coefficient (Wildman–Crippen LogP) is 0.800. The monoisotopic (exact) mass is 244 g/mol. The van der Waals surface area contributed by atoms with Crippen molar-refractivity contribution in [3.05, 3.63) is 0 Å². The number of hydrogen-bond donors (Lipinski definition) is 1. The van der Waals surface area contributed by atoms with Crippen molar-refractivity contribution in [2.24, 2.45) is 0 Å². The van der Waals surface area contributed by atoms with Gasteiger partial charge in [-0.05, 0) is 20.3 Å². The first-order valence-corrected chi connectivity index (χ1v) is 6.86. The Kier molecular flexibility index (Phi) is 7.04. The molecule has 1 rings (SSSR count). The van der Waals surface area contributed by atoms with Gasteiger partial charge in [-0.15, -0.1) is 0 Å². The van der Waals surface area contributed by atoms with E-state index in [1.54, 1.807) is 0 Å². The molecule has 1 heterocycles. The van der Waals surface area contributed by atoms with Crippen molar-refractivity contribution in [2.45, 2.75) is 39.4 Å². The zero-order chi connectivity index (χ0) is 12.7. The average molecular weight is 244 g/mol. The molecule has 1 fully saturated rings. The molecule has 4 nitrogen and oxygen atoms in total. The topological polar surface area (TPSA) is 35.9 Å². The molecule has 1 aliphatic heterocycles. The van der Waals surface area contributed by atoms with E-state index < -0.39 is 0 Å². The van der Waals surface area contributed by atoms with Crippen LogP contribution in [0.1, 0.15) is 27.2 Å². The third-order valence-corrected chi connectivity index (χ3v) is 3.26. The van der Waals surface area contributed by atoms with Gasteiger partial charge in [-0.25, -0.2) is 0 Å². The molecule has 0 aromatic rings. The van der Waals surface area contributed by atoms with Crippen LogP contribution in [0.2, 0.25) is 0 Å². The van der Waals surface area contributed by atoms with Gasteiger partial charge in [-0.3, -0.25) is 9.80 Å². The number of nitrogens with zero attached hydrogens (tertiary/aromatic N) is 2. The highest BCUT2D eigenvalue weighted by atomic mass is 16.5. The van der Waals surface area contributed by atoms with Gasteiger partial charge in [0.1, 0.15) is 0 Å². The molecule has 0 bridgehead atoms. The van der Waals surface area contributed by atoms with Crippen LogP contribution >= 0.6 is 0 Å². The molecule has 0 saturated carbocycles. The third-order valence-electron chi connectivity index (χ3n) is 3.26. The molecule has 1 saturated heterocycles. The molecule has 102 valence electrons. The van der Waals surface area contributed by atoms with E-state index in [4.69, 9.17) is 4.74 Å². The van der Waals surface area contributed by atoms with E-state index in [2.05, 4.69) is 23.6 Å². The summed E-state index contributed by atoms with van der Waals surface area (Å²) in [6.07, 6.45) is 1.02. The van der Waals surface area contributed by atoms with Crippen LogP contribution in [0.3, 0.4) is 0 Å². The van der Waals surface area contributed by atoms with Crippen molar-refractivity contribution in [1.29, 1.82) is 0 Å². The highest BCUT2D eigenvalue weighted by Crippen LogP contribution is 2.04. The summed E-state index contributed by atoms with van der Waals surface area (Å²) in [7, 11) is 0. The Balaban J connectivity index is 2.09. The first-order chi connectivity index (χ1) is 8.11. The summed E-state index contributed by atoms with van der Waals surface area (Å²) in [5, 5.41) is 9.60. The second-order valence-corrected chi connectivity index (χ2v) is 5.12. The van der Waals surface area contributed by atoms with Gasteiger partial charge in [0.15, 0.2) is 0 Å². The second kappa shape index (κ2) is 8.03. The Morgan fingerprint density at radius 2 is 1.71 bits per heavy atom. The van der Waals surface area contributed by atoms with Crippen molar-refractivity contribution >= 4 is 0 Å². The Morgan fingerprint density at radius 1 is 1.12 bits per heavy atom. The number of piperazine rings is 1. The smallest absolute Gasteiger partial charge is 0.0664 e. The Hall–Kier alpha value is -0.160. The van der Waals surface area contributed by atoms with E-state index in [1.165, 1.54) is 0 Å². The van der Waals surface area contributed by atoms with E-state index in [0.717, 1.165) is 52.3 Å². The minimum Gasteiger partial charge on any atom is -0.392 e. The molecule has 1 aliphatic rings. The van der Waals surface area contributed by atoms with Crippen molar-refractivity contribution < 1.29 is 9.84 Å². The highest BCUT2D eigenvalue weighted by Gasteiger charge is 2.18. The minimum absolute atomic E-state index is 0.161. The molecular weight excluding hydrogens is 216 g/mol. The third kappa shape index (κ3) is 6.36. The van der Waals surface area contributed by atoms with Crippen molar-refractivity contribution in [2.75, 3.05) is 45.9 Å². The van der Waals surface area contributed by atoms with Crippen LogP contribution in [0.5, 0.6) is 0 Å². The lowest BCUT2D eigenvalue weighted by atomic mass is 10.2. The maximum Gasteiger partial charge on any atom is 0.0664 e. The molecule has 4 heteroatoms. The molecule has 0 spiro atoms. The van der Waals surface area contributed by atoms with Gasteiger partial charge >= 0.3 is 0 Å². The first-order valence-electron chi connectivity index (χ1n) is 6.86. The van der Waals surface area contributed by atoms with E-state index in [-0.39, 0.29) is 6.10 Å². The lowest BCUT2D eigenvalue weighted by Crippen LogP contribution is -2.49. The van der Waals surface area contributed by atoms with Gasteiger partial charge in [0.05, 0.1) is 18.8 Å². The van der Waals surface area contributed by atoms with Crippen molar-refractivity contribution in [3.8, 4) is 0 Å². The lowest BCUT2D eigenvalue weighted by Gasteiger charge is -2.35. The molecule has 0 aromatic heterocycles. The molecule has 0 aliphatic carbocycles. The van der Waals surface area contributed by atoms with Gasteiger partial charge in [0.2, 0.25) is 0 Å². The quantitative estimate of drug-likeness (QED) is 0.718. The molecular formula is C13H28N2O2. The summed E-state index contributed by atoms with van der Waals surface area (Å²) < 4.78 is 5.56. The van der Waals surface area contributed by atoms with Crippen LogP contribution < -0.4 is 0 Å². The average Bonchev–Trinajstić information content (AvgIpc) is 2.31. The van der Waals surface area contributed by atoms with E-state index in [1.807, 2.05) is 6.92 Å². The summed E-state index contributed by atoms with van der Waals surface area (Å²) in [5.74, 6) is 0. The van der Waals surface area contributed by atoms with Gasteiger partial charge in [-0.1, -0.05) is 6.92 Å². The zero-order valence-electron chi connectivity index (χ0n) is 11.6. The maximum absolute atomic E-state index is 9.60. The summed E-state index contributed by atoms with van der Waals surface area (Å²) >= 11 is 0. The summed E-state index contributed by atoms with van der Waals surface area (Å²) in [5.41, 5.74) is 0. The molecule has 17 heavy (non-hydrogen) atoms. The number of ether oxygens (including phenoxy) is 1. The van der Waals surface area contributed by atoms with E-state index in [9.17, 15) is 5.11 Å². The number of rotatable bonds is 7. The summed E-state index contributed by atoms with van der Waals surface area (Å²) in [4.78, 5) is 4.80. The number of β-amino-alcohol motifs (C(OH)–C–C–N with tert-alkyl or cyclic N) is 1. The summed E-state index contributed by atoms with van der Waals surface area (Å²) in [6, 6.07) is 0. The fourth-order valence-corrected chi connectivity index (χ4v) is 2.04. The largest absolute Gasteiger partial charge is 0.392 e. The van der Waals surface area contributed by atoms with Gasteiger partial charge in [0.25, 0.3) is 0 Å². The van der Waals surface area contributed by atoms with Gasteiger partial charge in [-0.2, -0.15) is 0 Å². The van der Waals surface area contributed by atoms with E-state index in [0.29, 0.717) is 6.10 Å². The molecule has 1 unspecified atom stereocenters. The highest BCUT2D eigenvalue weighted by molar-refractivity contribution is 4.73. The van der Waals surface area contributed by atoms with E-state index >= 15 is 0 Å². The van der Waals surface area contributed by atoms with Crippen molar-refractivity contribution in [3.63, 3.8) is 0 Å². The van der Waals surface area contributed by atoms with Crippen LogP contribution in [-0.4, -0.2) is 73.0 Å². The Labute approximate surface area is 106 Å².